The van der Waals surface area contributed by atoms with Crippen molar-refractivity contribution >= 4 is 17.3 Å². The zero-order valence-corrected chi connectivity index (χ0v) is 12.1. The van der Waals surface area contributed by atoms with Gasteiger partial charge in [-0.05, 0) is 42.5 Å². The van der Waals surface area contributed by atoms with Gasteiger partial charge in [0.2, 0.25) is 0 Å². The first-order valence-corrected chi connectivity index (χ1v) is 7.14. The lowest BCUT2D eigenvalue weighted by Gasteiger charge is -2.37. The Bertz CT molecular complexity index is 579. The van der Waals surface area contributed by atoms with Crippen LogP contribution in [0.5, 0.6) is 5.75 Å². The number of hydrogen-bond donors (Lipinski definition) is 1. The Morgan fingerprint density at radius 1 is 1.20 bits per heavy atom. The molecule has 0 aliphatic heterocycles. The second kappa shape index (κ2) is 5.71. The van der Waals surface area contributed by atoms with Crippen molar-refractivity contribution in [2.45, 2.75) is 24.8 Å². The van der Waals surface area contributed by atoms with Crippen molar-refractivity contribution < 1.29 is 4.74 Å². The first-order chi connectivity index (χ1) is 9.76. The summed E-state index contributed by atoms with van der Waals surface area (Å²) >= 11 is 6.12. The van der Waals surface area contributed by atoms with E-state index in [9.17, 15) is 0 Å². The molecule has 1 aromatic carbocycles. The highest BCUT2D eigenvalue weighted by molar-refractivity contribution is 6.33. The van der Waals surface area contributed by atoms with Gasteiger partial charge in [-0.2, -0.15) is 0 Å². The van der Waals surface area contributed by atoms with E-state index in [-0.39, 0.29) is 0 Å². The van der Waals surface area contributed by atoms with E-state index in [0.717, 1.165) is 29.3 Å². The van der Waals surface area contributed by atoms with Crippen LogP contribution in [0.2, 0.25) is 5.02 Å². The van der Waals surface area contributed by atoms with E-state index < -0.39 is 0 Å². The number of nitrogens with one attached hydrogen (secondary N) is 1. The minimum absolute atomic E-state index is 0.476. The fourth-order valence-corrected chi connectivity index (χ4v) is 2.75. The van der Waals surface area contributed by atoms with Gasteiger partial charge in [-0.15, -0.1) is 0 Å². The molecule has 0 spiro atoms. The van der Waals surface area contributed by atoms with Crippen molar-refractivity contribution in [3.8, 4) is 5.75 Å². The second-order valence-electron chi connectivity index (χ2n) is 5.14. The third-order valence-corrected chi connectivity index (χ3v) is 4.18. The standard InChI is InChI=1S/C16H17ClN2O/c1-20-14-4-2-11(3-5-14)12-8-13(9-12)19-16-10-18-7-6-15(16)17/h2-7,10,12-13,19H,8-9H2,1H3. The van der Waals surface area contributed by atoms with Gasteiger partial charge < -0.3 is 10.1 Å². The third kappa shape index (κ3) is 2.73. The number of hydrogen-bond acceptors (Lipinski definition) is 3. The Balaban J connectivity index is 1.57. The molecule has 1 fully saturated rings. The molecule has 0 radical (unpaired) electrons. The minimum Gasteiger partial charge on any atom is -0.497 e. The maximum Gasteiger partial charge on any atom is 0.118 e. The Morgan fingerprint density at radius 2 is 1.95 bits per heavy atom. The van der Waals surface area contributed by atoms with Crippen LogP contribution in [0, 0.1) is 0 Å². The van der Waals surface area contributed by atoms with Gasteiger partial charge >= 0.3 is 0 Å². The smallest absolute Gasteiger partial charge is 0.118 e. The topological polar surface area (TPSA) is 34.1 Å². The molecule has 104 valence electrons. The normalized spacial score (nSPS) is 21.1. The summed E-state index contributed by atoms with van der Waals surface area (Å²) in [4.78, 5) is 4.09. The largest absolute Gasteiger partial charge is 0.497 e. The Hall–Kier alpha value is -1.74. The number of rotatable bonds is 4. The molecule has 2 aromatic rings. The van der Waals surface area contributed by atoms with Gasteiger partial charge in [-0.3, -0.25) is 4.98 Å². The van der Waals surface area contributed by atoms with Crippen LogP contribution in [0.3, 0.4) is 0 Å². The van der Waals surface area contributed by atoms with Crippen LogP contribution in [0.25, 0.3) is 0 Å². The summed E-state index contributed by atoms with van der Waals surface area (Å²) in [5, 5.41) is 4.18. The van der Waals surface area contributed by atoms with Crippen LogP contribution in [0.1, 0.15) is 24.3 Å². The molecule has 3 rings (SSSR count). The first kappa shape index (κ1) is 13.3. The van der Waals surface area contributed by atoms with Crippen LogP contribution < -0.4 is 10.1 Å². The van der Waals surface area contributed by atoms with Gasteiger partial charge in [0.1, 0.15) is 5.75 Å². The number of benzene rings is 1. The summed E-state index contributed by atoms with van der Waals surface area (Å²) in [6.07, 6.45) is 5.73. The van der Waals surface area contributed by atoms with Crippen molar-refractivity contribution in [2.24, 2.45) is 0 Å². The molecule has 1 aliphatic carbocycles. The van der Waals surface area contributed by atoms with Gasteiger partial charge in [0.05, 0.1) is 24.0 Å². The molecule has 0 bridgehead atoms. The predicted molar refractivity (Wildman–Crippen MR) is 81.6 cm³/mol. The zero-order chi connectivity index (χ0) is 13.9. The van der Waals surface area contributed by atoms with Gasteiger partial charge in [0.15, 0.2) is 0 Å². The van der Waals surface area contributed by atoms with Gasteiger partial charge in [0, 0.05) is 12.2 Å². The van der Waals surface area contributed by atoms with Gasteiger partial charge in [-0.1, -0.05) is 23.7 Å². The average molecular weight is 289 g/mol. The summed E-state index contributed by atoms with van der Waals surface area (Å²) in [6.45, 7) is 0. The number of ether oxygens (including phenoxy) is 1. The second-order valence-corrected chi connectivity index (χ2v) is 5.55. The third-order valence-electron chi connectivity index (χ3n) is 3.85. The van der Waals surface area contributed by atoms with E-state index in [2.05, 4.69) is 22.4 Å². The average Bonchev–Trinajstić information content (AvgIpc) is 2.44. The zero-order valence-electron chi connectivity index (χ0n) is 11.3. The lowest BCUT2D eigenvalue weighted by molar-refractivity contribution is 0.373. The fourth-order valence-electron chi connectivity index (χ4n) is 2.59. The number of halogens is 1. The highest BCUT2D eigenvalue weighted by Crippen LogP contribution is 2.39. The van der Waals surface area contributed by atoms with Crippen molar-refractivity contribution in [1.82, 2.24) is 4.98 Å². The molecule has 1 saturated carbocycles. The summed E-state index contributed by atoms with van der Waals surface area (Å²) in [5.41, 5.74) is 2.30. The summed E-state index contributed by atoms with van der Waals surface area (Å²) < 4.78 is 5.18. The SMILES string of the molecule is COc1ccc(C2CC(Nc3cnccc3Cl)C2)cc1. The lowest BCUT2D eigenvalue weighted by Crippen LogP contribution is -2.34. The van der Waals surface area contributed by atoms with E-state index in [1.165, 1.54) is 5.56 Å². The molecule has 1 N–H and O–H groups in total. The van der Waals surface area contributed by atoms with Crippen molar-refractivity contribution in [3.63, 3.8) is 0 Å². The Morgan fingerprint density at radius 3 is 2.60 bits per heavy atom. The quantitative estimate of drug-likeness (QED) is 0.919. The summed E-state index contributed by atoms with van der Waals surface area (Å²) in [6, 6.07) is 10.6. The molecule has 1 aromatic heterocycles. The highest BCUT2D eigenvalue weighted by Gasteiger charge is 2.30. The van der Waals surface area contributed by atoms with E-state index in [1.807, 2.05) is 18.2 Å². The monoisotopic (exact) mass is 288 g/mol. The molecule has 0 saturated heterocycles. The van der Waals surface area contributed by atoms with Crippen LogP contribution in [0.4, 0.5) is 5.69 Å². The van der Waals surface area contributed by atoms with Gasteiger partial charge in [-0.25, -0.2) is 0 Å². The van der Waals surface area contributed by atoms with E-state index in [1.54, 1.807) is 19.5 Å². The summed E-state index contributed by atoms with van der Waals surface area (Å²) in [5.74, 6) is 1.53. The summed E-state index contributed by atoms with van der Waals surface area (Å²) in [7, 11) is 1.69. The van der Waals surface area contributed by atoms with Crippen LogP contribution >= 0.6 is 11.6 Å². The van der Waals surface area contributed by atoms with Crippen LogP contribution in [-0.2, 0) is 0 Å². The maximum atomic E-state index is 6.12. The van der Waals surface area contributed by atoms with Crippen molar-refractivity contribution in [3.05, 3.63) is 53.3 Å². The van der Waals surface area contributed by atoms with Crippen molar-refractivity contribution in [2.75, 3.05) is 12.4 Å². The number of aromatic nitrogens is 1. The molecule has 1 heterocycles. The van der Waals surface area contributed by atoms with E-state index in [0.29, 0.717) is 12.0 Å². The minimum atomic E-state index is 0.476. The first-order valence-electron chi connectivity index (χ1n) is 6.76. The number of anilines is 1. The maximum absolute atomic E-state index is 6.12. The molecule has 0 atom stereocenters. The molecule has 1 aliphatic rings. The molecule has 0 amide bonds. The number of nitrogens with zero attached hydrogens (tertiary/aromatic N) is 1. The van der Waals surface area contributed by atoms with Crippen LogP contribution in [-0.4, -0.2) is 18.1 Å². The number of methoxy groups -OCH3 is 1. The molecule has 4 heteroatoms. The molecular weight excluding hydrogens is 272 g/mol. The van der Waals surface area contributed by atoms with Gasteiger partial charge in [0.25, 0.3) is 0 Å². The molecule has 20 heavy (non-hydrogen) atoms. The van der Waals surface area contributed by atoms with Crippen molar-refractivity contribution in [1.29, 1.82) is 0 Å². The highest BCUT2D eigenvalue weighted by atomic mass is 35.5. The van der Waals surface area contributed by atoms with E-state index in [4.69, 9.17) is 16.3 Å². The number of pyridine rings is 1. The van der Waals surface area contributed by atoms with E-state index >= 15 is 0 Å². The molecule has 3 nitrogen and oxygen atoms in total. The lowest BCUT2D eigenvalue weighted by atomic mass is 9.76. The molecular formula is C16H17ClN2O. The Kier molecular flexibility index (Phi) is 3.79. The van der Waals surface area contributed by atoms with Crippen LogP contribution in [0.15, 0.2) is 42.7 Å². The Labute approximate surface area is 123 Å². The fraction of sp³-hybridized carbons (Fsp3) is 0.312. The predicted octanol–water partition coefficient (Wildman–Crippen LogP) is 4.10. The molecule has 0 unspecified atom stereocenters.